The number of nitrogens with zero attached hydrogens (tertiary/aromatic N) is 3. The van der Waals surface area contributed by atoms with E-state index in [-0.39, 0.29) is 0 Å². The Hall–Kier alpha value is -2.53. The number of benzene rings is 1. The molecule has 24 heavy (non-hydrogen) atoms. The van der Waals surface area contributed by atoms with Gasteiger partial charge in [-0.15, -0.1) is 11.3 Å². The van der Waals surface area contributed by atoms with Crippen LogP contribution in [0.25, 0.3) is 20.7 Å². The first-order valence-electron chi connectivity index (χ1n) is 8.17. The molecule has 0 unspecified atom stereocenters. The van der Waals surface area contributed by atoms with E-state index in [1.807, 2.05) is 6.07 Å². The largest absolute Gasteiger partial charge is 0.261 e. The molecule has 0 bridgehead atoms. The quantitative estimate of drug-likeness (QED) is 0.557. The maximum absolute atomic E-state index is 4.62. The Morgan fingerprint density at radius 2 is 2.08 bits per heavy atom. The number of fused-ring (bicyclic) bond motifs is 2. The number of hydrazone groups is 1. The smallest absolute Gasteiger partial charge is 0.158 e. The molecule has 0 amide bonds. The van der Waals surface area contributed by atoms with Gasteiger partial charge in [-0.1, -0.05) is 42.5 Å². The van der Waals surface area contributed by atoms with E-state index in [0.29, 0.717) is 11.8 Å². The van der Waals surface area contributed by atoms with Crippen molar-refractivity contribution < 1.29 is 0 Å². The van der Waals surface area contributed by atoms with Gasteiger partial charge < -0.3 is 0 Å². The molecule has 1 aromatic carbocycles. The van der Waals surface area contributed by atoms with Crippen molar-refractivity contribution in [2.75, 3.05) is 5.43 Å². The van der Waals surface area contributed by atoms with Gasteiger partial charge in [0.2, 0.25) is 0 Å². The fourth-order valence-corrected chi connectivity index (χ4v) is 4.48. The summed E-state index contributed by atoms with van der Waals surface area (Å²) >= 11 is 1.68. The molecule has 0 radical (unpaired) electrons. The highest BCUT2D eigenvalue weighted by molar-refractivity contribution is 7.21. The summed E-state index contributed by atoms with van der Waals surface area (Å²) in [4.78, 5) is 11.0. The third kappa shape index (κ3) is 2.24. The van der Waals surface area contributed by atoms with Crippen LogP contribution >= 0.6 is 11.3 Å². The summed E-state index contributed by atoms with van der Waals surface area (Å²) in [6.07, 6.45) is 8.39. The molecule has 0 aliphatic heterocycles. The highest BCUT2D eigenvalue weighted by atomic mass is 32.1. The number of rotatable bonds is 3. The number of hydrogen-bond donors (Lipinski definition) is 1. The van der Waals surface area contributed by atoms with Gasteiger partial charge in [0.15, 0.2) is 5.82 Å². The molecule has 118 valence electrons. The van der Waals surface area contributed by atoms with Gasteiger partial charge in [-0.3, -0.25) is 5.43 Å². The molecule has 2 aliphatic rings. The van der Waals surface area contributed by atoms with Crippen molar-refractivity contribution in [2.45, 2.75) is 12.8 Å². The third-order valence-corrected chi connectivity index (χ3v) is 5.95. The molecule has 3 aromatic rings. The second kappa shape index (κ2) is 5.53. The summed E-state index contributed by atoms with van der Waals surface area (Å²) in [6.45, 7) is 0. The van der Waals surface area contributed by atoms with E-state index in [1.54, 1.807) is 17.7 Å². The molecule has 2 aliphatic carbocycles. The third-order valence-electron chi connectivity index (χ3n) is 4.86. The number of allylic oxidation sites excluding steroid dienone is 2. The van der Waals surface area contributed by atoms with Gasteiger partial charge in [0.25, 0.3) is 0 Å². The Morgan fingerprint density at radius 3 is 2.96 bits per heavy atom. The first kappa shape index (κ1) is 13.9. The van der Waals surface area contributed by atoms with Gasteiger partial charge >= 0.3 is 0 Å². The van der Waals surface area contributed by atoms with Gasteiger partial charge in [0, 0.05) is 16.5 Å². The molecule has 5 heteroatoms. The van der Waals surface area contributed by atoms with Crippen LogP contribution in [-0.2, 0) is 0 Å². The number of nitrogens with one attached hydrogen (secondary N) is 1. The number of anilines is 1. The summed E-state index contributed by atoms with van der Waals surface area (Å²) < 4.78 is 0. The molecule has 0 spiro atoms. The highest BCUT2D eigenvalue weighted by Crippen LogP contribution is 2.40. The van der Waals surface area contributed by atoms with E-state index in [1.165, 1.54) is 16.2 Å². The van der Waals surface area contributed by atoms with Gasteiger partial charge in [-0.05, 0) is 30.4 Å². The Kier molecular flexibility index (Phi) is 3.19. The minimum atomic E-state index is 0.609. The Morgan fingerprint density at radius 1 is 1.17 bits per heavy atom. The molecule has 1 saturated carbocycles. The van der Waals surface area contributed by atoms with Gasteiger partial charge in [-0.2, -0.15) is 5.10 Å². The van der Waals surface area contributed by atoms with Crippen LogP contribution in [0.5, 0.6) is 0 Å². The van der Waals surface area contributed by atoms with Crippen molar-refractivity contribution in [3.05, 3.63) is 54.9 Å². The van der Waals surface area contributed by atoms with Gasteiger partial charge in [0.1, 0.15) is 11.2 Å². The van der Waals surface area contributed by atoms with Crippen molar-refractivity contribution >= 4 is 33.1 Å². The molecule has 2 aromatic heterocycles. The predicted molar refractivity (Wildman–Crippen MR) is 99.3 cm³/mol. The zero-order chi connectivity index (χ0) is 15.9. The lowest BCUT2D eigenvalue weighted by molar-refractivity contribution is 0.466. The minimum absolute atomic E-state index is 0.609. The molecule has 1 fully saturated rings. The fraction of sp³-hybridized carbons (Fsp3) is 0.211. The fourth-order valence-electron chi connectivity index (χ4n) is 3.48. The van der Waals surface area contributed by atoms with Crippen molar-refractivity contribution in [1.29, 1.82) is 0 Å². The topological polar surface area (TPSA) is 50.2 Å². The summed E-state index contributed by atoms with van der Waals surface area (Å²) in [6, 6.07) is 12.5. The predicted octanol–water partition coefficient (Wildman–Crippen LogP) is 4.72. The first-order valence-corrected chi connectivity index (χ1v) is 8.99. The maximum Gasteiger partial charge on any atom is 0.158 e. The van der Waals surface area contributed by atoms with Crippen LogP contribution in [0.1, 0.15) is 12.8 Å². The Bertz CT molecular complexity index is 958. The lowest BCUT2D eigenvalue weighted by Gasteiger charge is -2.31. The summed E-state index contributed by atoms with van der Waals surface area (Å²) in [5.74, 6) is 2.11. The van der Waals surface area contributed by atoms with E-state index in [4.69, 9.17) is 0 Å². The zero-order valence-corrected chi connectivity index (χ0v) is 13.8. The molecule has 5 rings (SSSR count). The molecule has 0 saturated heterocycles. The van der Waals surface area contributed by atoms with E-state index >= 15 is 0 Å². The Labute approximate surface area is 144 Å². The molecule has 4 nitrogen and oxygen atoms in total. The van der Waals surface area contributed by atoms with Crippen LogP contribution in [0.4, 0.5) is 5.82 Å². The summed E-state index contributed by atoms with van der Waals surface area (Å²) in [5.41, 5.74) is 5.65. The van der Waals surface area contributed by atoms with Crippen molar-refractivity contribution in [1.82, 2.24) is 9.97 Å². The number of aromatic nitrogens is 2. The molecule has 2 atom stereocenters. The molecular weight excluding hydrogens is 316 g/mol. The lowest BCUT2D eigenvalue weighted by Crippen LogP contribution is -2.33. The Balaban J connectivity index is 1.46. The average molecular weight is 332 g/mol. The van der Waals surface area contributed by atoms with Crippen molar-refractivity contribution in [3.8, 4) is 10.4 Å². The first-order chi connectivity index (χ1) is 11.9. The van der Waals surface area contributed by atoms with Crippen LogP contribution in [0.15, 0.2) is 60.0 Å². The van der Waals surface area contributed by atoms with Gasteiger partial charge in [-0.25, -0.2) is 9.97 Å². The second-order valence-electron chi connectivity index (χ2n) is 6.27. The normalized spacial score (nSPS) is 23.4. The van der Waals surface area contributed by atoms with E-state index in [0.717, 1.165) is 28.9 Å². The average Bonchev–Trinajstić information content (AvgIpc) is 3.20. The standard InChI is InChI=1S/C19H16N4S/c1-2-5-12(6-3-1)17-10-15-18(20-11-21-19(15)24-17)23-22-16-9-13-7-4-8-14(13)16/h1-7,10-11,13-14H,8-9H2,(H,20,21,23)/b22-16+/t13-,14-/m0/s1. The summed E-state index contributed by atoms with van der Waals surface area (Å²) in [7, 11) is 0. The molecular formula is C19H16N4S. The minimum Gasteiger partial charge on any atom is -0.261 e. The summed E-state index contributed by atoms with van der Waals surface area (Å²) in [5, 5.41) is 5.65. The molecule has 1 N–H and O–H groups in total. The number of thiophene rings is 1. The van der Waals surface area contributed by atoms with Gasteiger partial charge in [0.05, 0.1) is 5.39 Å². The maximum atomic E-state index is 4.62. The second-order valence-corrected chi connectivity index (χ2v) is 7.30. The van der Waals surface area contributed by atoms with Crippen LogP contribution in [-0.4, -0.2) is 15.7 Å². The van der Waals surface area contributed by atoms with Crippen molar-refractivity contribution in [2.24, 2.45) is 16.9 Å². The van der Waals surface area contributed by atoms with Crippen LogP contribution in [0.3, 0.4) is 0 Å². The van der Waals surface area contributed by atoms with Crippen LogP contribution in [0.2, 0.25) is 0 Å². The monoisotopic (exact) mass is 332 g/mol. The molecule has 2 heterocycles. The highest BCUT2D eigenvalue weighted by Gasteiger charge is 2.37. The number of hydrogen-bond acceptors (Lipinski definition) is 5. The zero-order valence-electron chi connectivity index (χ0n) is 13.0. The van der Waals surface area contributed by atoms with Crippen LogP contribution < -0.4 is 5.43 Å². The van der Waals surface area contributed by atoms with Crippen molar-refractivity contribution in [3.63, 3.8) is 0 Å². The SMILES string of the molecule is C1=C[C@H]2C/C(=N\Nc3ncnc4sc(-c5ccccc5)cc34)[C@H]2C1. The van der Waals surface area contributed by atoms with Crippen LogP contribution in [0, 0.1) is 11.8 Å². The van der Waals surface area contributed by atoms with E-state index in [9.17, 15) is 0 Å². The lowest BCUT2D eigenvalue weighted by atomic mass is 9.74. The van der Waals surface area contributed by atoms with E-state index in [2.05, 4.69) is 63.0 Å². The van der Waals surface area contributed by atoms with E-state index < -0.39 is 0 Å².